The number of aliphatic hydroxyl groups excluding tert-OH is 1. The minimum atomic E-state index is -1.04. The molecule has 3 rings (SSSR count). The van der Waals surface area contributed by atoms with Crippen LogP contribution in [0.2, 0.25) is 0 Å². The van der Waals surface area contributed by atoms with E-state index in [1.54, 1.807) is 52.8 Å². The quantitative estimate of drug-likeness (QED) is 0.658. The molecular formula is C25H32N2O5. The van der Waals surface area contributed by atoms with E-state index in [2.05, 4.69) is 10.6 Å². The van der Waals surface area contributed by atoms with Crippen molar-refractivity contribution in [3.05, 3.63) is 65.2 Å². The fraction of sp³-hybridized carbons (Fsp3) is 0.440. The number of fused-ring (bicyclic) bond motifs is 1. The van der Waals surface area contributed by atoms with Crippen LogP contribution in [0.25, 0.3) is 0 Å². The number of hydrogen-bond acceptors (Lipinski definition) is 5. The summed E-state index contributed by atoms with van der Waals surface area (Å²) in [5.41, 5.74) is 0.464. The molecule has 0 saturated heterocycles. The van der Waals surface area contributed by atoms with E-state index in [1.165, 1.54) is 0 Å². The van der Waals surface area contributed by atoms with Crippen LogP contribution in [0.1, 0.15) is 62.1 Å². The molecule has 0 aromatic heterocycles. The van der Waals surface area contributed by atoms with Crippen LogP contribution < -0.4 is 15.4 Å². The fourth-order valence-electron chi connectivity index (χ4n) is 3.60. The predicted octanol–water partition coefficient (Wildman–Crippen LogP) is 3.76. The number of benzene rings is 2. The van der Waals surface area contributed by atoms with Crippen LogP contribution in [-0.2, 0) is 11.2 Å². The summed E-state index contributed by atoms with van der Waals surface area (Å²) in [6.07, 6.45) is -0.974. The van der Waals surface area contributed by atoms with Crippen molar-refractivity contribution in [2.45, 2.75) is 64.4 Å². The number of aliphatic hydroxyl groups is 1. The highest BCUT2D eigenvalue weighted by molar-refractivity contribution is 5.94. The second kappa shape index (κ2) is 9.20. The maximum absolute atomic E-state index is 12.7. The van der Waals surface area contributed by atoms with E-state index >= 15 is 0 Å². The Morgan fingerprint density at radius 3 is 2.47 bits per heavy atom. The predicted molar refractivity (Wildman–Crippen MR) is 122 cm³/mol. The zero-order valence-corrected chi connectivity index (χ0v) is 19.3. The Hall–Kier alpha value is -3.06. The van der Waals surface area contributed by atoms with Gasteiger partial charge in [-0.25, -0.2) is 4.79 Å². The lowest BCUT2D eigenvalue weighted by atomic mass is 9.86. The van der Waals surface area contributed by atoms with Gasteiger partial charge in [-0.3, -0.25) is 4.79 Å². The average Bonchev–Trinajstić information content (AvgIpc) is 2.70. The zero-order valence-electron chi connectivity index (χ0n) is 19.3. The van der Waals surface area contributed by atoms with E-state index in [9.17, 15) is 14.7 Å². The zero-order chi connectivity index (χ0) is 23.5. The molecule has 2 amide bonds. The molecule has 172 valence electrons. The second-order valence-electron chi connectivity index (χ2n) is 9.52. The van der Waals surface area contributed by atoms with Crippen LogP contribution in [0, 0.1) is 0 Å². The van der Waals surface area contributed by atoms with Crippen LogP contribution in [0.3, 0.4) is 0 Å². The first-order chi connectivity index (χ1) is 15.0. The molecule has 32 heavy (non-hydrogen) atoms. The monoisotopic (exact) mass is 440 g/mol. The first-order valence-electron chi connectivity index (χ1n) is 10.8. The molecule has 0 bridgehead atoms. The van der Waals surface area contributed by atoms with Crippen molar-refractivity contribution in [3.8, 4) is 5.75 Å². The van der Waals surface area contributed by atoms with Gasteiger partial charge in [0.15, 0.2) is 0 Å². The number of amides is 2. The minimum absolute atomic E-state index is 0.237. The van der Waals surface area contributed by atoms with E-state index in [-0.39, 0.29) is 5.91 Å². The highest BCUT2D eigenvalue weighted by Crippen LogP contribution is 2.40. The number of ether oxygens (including phenoxy) is 2. The molecule has 1 aliphatic rings. The number of rotatable bonds is 5. The van der Waals surface area contributed by atoms with Gasteiger partial charge in [0.05, 0.1) is 6.04 Å². The summed E-state index contributed by atoms with van der Waals surface area (Å²) in [6.45, 7) is 9.28. The summed E-state index contributed by atoms with van der Waals surface area (Å²) in [7, 11) is 0. The summed E-state index contributed by atoms with van der Waals surface area (Å²) in [4.78, 5) is 25.1. The lowest BCUT2D eigenvalue weighted by molar-refractivity contribution is -0.0653. The maximum atomic E-state index is 12.7. The van der Waals surface area contributed by atoms with Gasteiger partial charge < -0.3 is 25.2 Å². The number of nitrogens with one attached hydrogen (secondary N) is 2. The van der Waals surface area contributed by atoms with Gasteiger partial charge in [-0.05, 0) is 64.8 Å². The molecule has 0 aliphatic carbocycles. The topological polar surface area (TPSA) is 96.9 Å². The third-order valence-electron chi connectivity index (χ3n) is 5.22. The van der Waals surface area contributed by atoms with E-state index in [0.717, 1.165) is 12.0 Å². The lowest BCUT2D eigenvalue weighted by Gasteiger charge is -2.42. The van der Waals surface area contributed by atoms with Crippen molar-refractivity contribution in [2.24, 2.45) is 0 Å². The van der Waals surface area contributed by atoms with E-state index < -0.39 is 29.4 Å². The third-order valence-corrected chi connectivity index (χ3v) is 5.22. The van der Waals surface area contributed by atoms with Crippen LogP contribution in [0.15, 0.2) is 48.5 Å². The Balaban J connectivity index is 1.77. The van der Waals surface area contributed by atoms with Crippen molar-refractivity contribution in [1.29, 1.82) is 0 Å². The Kier molecular flexibility index (Phi) is 6.79. The largest absolute Gasteiger partial charge is 0.485 e. The van der Waals surface area contributed by atoms with Gasteiger partial charge in [-0.1, -0.05) is 30.3 Å². The highest BCUT2D eigenvalue weighted by atomic mass is 16.6. The average molecular weight is 441 g/mol. The lowest BCUT2D eigenvalue weighted by Crippen LogP contribution is -2.54. The molecule has 1 aliphatic heterocycles. The highest BCUT2D eigenvalue weighted by Gasteiger charge is 2.44. The number of carbonyl (C=O) groups is 2. The number of carbonyl (C=O) groups excluding carboxylic acids is 2. The van der Waals surface area contributed by atoms with Gasteiger partial charge >= 0.3 is 6.09 Å². The number of hydrogen-bond donors (Lipinski definition) is 3. The van der Waals surface area contributed by atoms with E-state index in [0.29, 0.717) is 23.4 Å². The Bertz CT molecular complexity index is 966. The van der Waals surface area contributed by atoms with Gasteiger partial charge in [0, 0.05) is 17.7 Å². The van der Waals surface area contributed by atoms with Gasteiger partial charge in [-0.2, -0.15) is 0 Å². The van der Waals surface area contributed by atoms with Crippen molar-refractivity contribution in [2.75, 3.05) is 6.54 Å². The molecule has 2 atom stereocenters. The van der Waals surface area contributed by atoms with Gasteiger partial charge in [0.1, 0.15) is 23.1 Å². The molecule has 0 spiro atoms. The van der Waals surface area contributed by atoms with Crippen molar-refractivity contribution in [1.82, 2.24) is 10.6 Å². The molecule has 2 unspecified atom stereocenters. The standard InChI is InChI=1S/C25H32N2O5/c1-24(2,3)32-23(30)27-20-18-15-17(11-12-19(18)31-25(4,5)21(20)28)22(29)26-14-13-16-9-7-6-8-10-16/h6-12,15,20-21,28H,13-14H2,1-5H3,(H,26,29)(H,27,30). The summed E-state index contributed by atoms with van der Waals surface area (Å²) < 4.78 is 11.3. The number of alkyl carbamates (subject to hydrolysis) is 1. The van der Waals surface area contributed by atoms with Crippen molar-refractivity contribution < 1.29 is 24.2 Å². The third kappa shape index (κ3) is 5.79. The van der Waals surface area contributed by atoms with Crippen LogP contribution in [0.5, 0.6) is 5.75 Å². The first-order valence-corrected chi connectivity index (χ1v) is 10.8. The molecule has 0 radical (unpaired) electrons. The summed E-state index contributed by atoms with van der Waals surface area (Å²) in [5.74, 6) is 0.265. The fourth-order valence-corrected chi connectivity index (χ4v) is 3.60. The summed E-state index contributed by atoms with van der Waals surface area (Å²) >= 11 is 0. The normalized spacial score (nSPS) is 19.3. The summed E-state index contributed by atoms with van der Waals surface area (Å²) in [6, 6.07) is 14.1. The summed E-state index contributed by atoms with van der Waals surface area (Å²) in [5, 5.41) is 16.6. The first kappa shape index (κ1) is 23.6. The molecule has 7 heteroatoms. The molecule has 2 aromatic carbocycles. The Labute approximate surface area is 189 Å². The SMILES string of the molecule is CC(C)(C)OC(=O)NC1c2cc(C(=O)NCCc3ccccc3)ccc2OC(C)(C)C1O. The van der Waals surface area contributed by atoms with Gasteiger partial charge in [0.2, 0.25) is 0 Å². The van der Waals surface area contributed by atoms with Crippen LogP contribution in [0.4, 0.5) is 4.79 Å². The molecule has 1 heterocycles. The minimum Gasteiger partial charge on any atom is -0.485 e. The molecule has 7 nitrogen and oxygen atoms in total. The maximum Gasteiger partial charge on any atom is 0.408 e. The smallest absolute Gasteiger partial charge is 0.408 e. The molecule has 2 aromatic rings. The second-order valence-corrected chi connectivity index (χ2v) is 9.52. The van der Waals surface area contributed by atoms with Crippen molar-refractivity contribution >= 4 is 12.0 Å². The van der Waals surface area contributed by atoms with Crippen LogP contribution >= 0.6 is 0 Å². The Morgan fingerprint density at radius 1 is 1.12 bits per heavy atom. The van der Waals surface area contributed by atoms with Gasteiger partial charge in [-0.15, -0.1) is 0 Å². The molecule has 0 fully saturated rings. The Morgan fingerprint density at radius 2 is 1.81 bits per heavy atom. The van der Waals surface area contributed by atoms with Gasteiger partial charge in [0.25, 0.3) is 5.91 Å². The molecule has 0 saturated carbocycles. The van der Waals surface area contributed by atoms with Crippen LogP contribution in [-0.4, -0.2) is 41.0 Å². The van der Waals surface area contributed by atoms with E-state index in [1.807, 2.05) is 30.3 Å². The van der Waals surface area contributed by atoms with E-state index in [4.69, 9.17) is 9.47 Å². The van der Waals surface area contributed by atoms with Crippen molar-refractivity contribution in [3.63, 3.8) is 0 Å². The molecule has 3 N–H and O–H groups in total. The molecular weight excluding hydrogens is 408 g/mol.